The fourth-order valence-electron chi connectivity index (χ4n) is 2.01. The van der Waals surface area contributed by atoms with E-state index < -0.39 is 4.92 Å². The molecular formula is C16H16N2O4. The Hall–Kier alpha value is -2.89. The summed E-state index contributed by atoms with van der Waals surface area (Å²) < 4.78 is 5.46. The third kappa shape index (κ3) is 3.82. The average Bonchev–Trinajstić information content (AvgIpc) is 2.52. The second-order valence-electron chi connectivity index (χ2n) is 4.62. The van der Waals surface area contributed by atoms with Crippen molar-refractivity contribution in [1.82, 2.24) is 5.32 Å². The number of ether oxygens (including phenoxy) is 1. The van der Waals surface area contributed by atoms with Gasteiger partial charge in [-0.15, -0.1) is 0 Å². The molecule has 0 aromatic heterocycles. The van der Waals surface area contributed by atoms with Crippen molar-refractivity contribution in [3.8, 4) is 5.75 Å². The van der Waals surface area contributed by atoms with Crippen LogP contribution >= 0.6 is 0 Å². The molecule has 0 unspecified atom stereocenters. The molecule has 0 heterocycles. The Morgan fingerprint density at radius 2 is 1.91 bits per heavy atom. The minimum atomic E-state index is -0.495. The van der Waals surface area contributed by atoms with Gasteiger partial charge in [0.15, 0.2) is 0 Å². The first-order valence-electron chi connectivity index (χ1n) is 6.79. The van der Waals surface area contributed by atoms with Crippen molar-refractivity contribution in [1.29, 1.82) is 0 Å². The Kier molecular flexibility index (Phi) is 5.08. The van der Waals surface area contributed by atoms with Gasteiger partial charge in [0.2, 0.25) is 0 Å². The molecule has 0 spiro atoms. The van der Waals surface area contributed by atoms with E-state index in [4.69, 9.17) is 4.74 Å². The van der Waals surface area contributed by atoms with Gasteiger partial charge < -0.3 is 10.1 Å². The normalized spacial score (nSPS) is 10.0. The number of amides is 1. The largest absolute Gasteiger partial charge is 0.492 e. The molecule has 2 aromatic carbocycles. The SMILES string of the molecule is Cc1c(C(=O)NCCOc2ccccc2)cccc1[N+](=O)[O-]. The highest BCUT2D eigenvalue weighted by Crippen LogP contribution is 2.20. The Morgan fingerprint density at radius 3 is 2.59 bits per heavy atom. The number of nitrogens with one attached hydrogen (secondary N) is 1. The van der Waals surface area contributed by atoms with E-state index in [-0.39, 0.29) is 11.6 Å². The maximum absolute atomic E-state index is 12.1. The Balaban J connectivity index is 1.90. The monoisotopic (exact) mass is 300 g/mol. The van der Waals surface area contributed by atoms with Crippen molar-refractivity contribution in [2.24, 2.45) is 0 Å². The molecule has 0 aliphatic rings. The van der Waals surface area contributed by atoms with Crippen molar-refractivity contribution in [3.63, 3.8) is 0 Å². The fraction of sp³-hybridized carbons (Fsp3) is 0.188. The molecule has 114 valence electrons. The molecule has 0 aliphatic heterocycles. The van der Waals surface area contributed by atoms with Gasteiger partial charge >= 0.3 is 0 Å². The van der Waals surface area contributed by atoms with Crippen LogP contribution in [0.2, 0.25) is 0 Å². The zero-order valence-corrected chi connectivity index (χ0v) is 12.1. The lowest BCUT2D eigenvalue weighted by Crippen LogP contribution is -2.28. The van der Waals surface area contributed by atoms with Gasteiger partial charge in [0, 0.05) is 17.2 Å². The van der Waals surface area contributed by atoms with E-state index in [1.54, 1.807) is 13.0 Å². The summed E-state index contributed by atoms with van der Waals surface area (Å²) in [5.74, 6) is 0.376. The molecule has 2 rings (SSSR count). The molecule has 0 saturated heterocycles. The molecule has 2 aromatic rings. The second-order valence-corrected chi connectivity index (χ2v) is 4.62. The minimum Gasteiger partial charge on any atom is -0.492 e. The van der Waals surface area contributed by atoms with Crippen LogP contribution in [0.3, 0.4) is 0 Å². The summed E-state index contributed by atoms with van der Waals surface area (Å²) >= 11 is 0. The Bertz CT molecular complexity index is 671. The number of nitro groups is 1. The van der Waals surface area contributed by atoms with E-state index in [1.165, 1.54) is 12.1 Å². The fourth-order valence-corrected chi connectivity index (χ4v) is 2.01. The molecule has 6 nitrogen and oxygen atoms in total. The number of benzene rings is 2. The summed E-state index contributed by atoms with van der Waals surface area (Å²) in [6.45, 7) is 2.20. The summed E-state index contributed by atoms with van der Waals surface area (Å²) in [4.78, 5) is 22.4. The summed E-state index contributed by atoms with van der Waals surface area (Å²) in [6.07, 6.45) is 0. The van der Waals surface area contributed by atoms with Crippen LogP contribution in [-0.4, -0.2) is 24.0 Å². The molecule has 0 saturated carbocycles. The first-order chi connectivity index (χ1) is 10.6. The molecule has 0 atom stereocenters. The Labute approximate surface area is 127 Å². The van der Waals surface area contributed by atoms with E-state index >= 15 is 0 Å². The van der Waals surface area contributed by atoms with Crippen LogP contribution in [0.1, 0.15) is 15.9 Å². The topological polar surface area (TPSA) is 81.5 Å². The lowest BCUT2D eigenvalue weighted by molar-refractivity contribution is -0.385. The third-order valence-electron chi connectivity index (χ3n) is 3.15. The first kappa shape index (κ1) is 15.5. The van der Waals surface area contributed by atoms with Crippen LogP contribution < -0.4 is 10.1 Å². The zero-order valence-electron chi connectivity index (χ0n) is 12.1. The van der Waals surface area contributed by atoms with Crippen molar-refractivity contribution >= 4 is 11.6 Å². The molecule has 22 heavy (non-hydrogen) atoms. The quantitative estimate of drug-likeness (QED) is 0.505. The van der Waals surface area contributed by atoms with Crippen LogP contribution in [0.15, 0.2) is 48.5 Å². The van der Waals surface area contributed by atoms with Gasteiger partial charge in [-0.3, -0.25) is 14.9 Å². The van der Waals surface area contributed by atoms with Crippen LogP contribution in [0, 0.1) is 17.0 Å². The predicted molar refractivity (Wildman–Crippen MR) is 82.1 cm³/mol. The summed E-state index contributed by atoms with van der Waals surface area (Å²) in [5.41, 5.74) is 0.594. The van der Waals surface area contributed by atoms with Gasteiger partial charge in [0.05, 0.1) is 11.5 Å². The molecule has 0 fully saturated rings. The standard InChI is InChI=1S/C16H16N2O4/c1-12-14(8-5-9-15(12)18(20)21)16(19)17-10-11-22-13-6-3-2-4-7-13/h2-9H,10-11H2,1H3,(H,17,19). The number of rotatable bonds is 6. The number of hydrogen-bond donors (Lipinski definition) is 1. The van der Waals surface area contributed by atoms with Crippen LogP contribution in [0.5, 0.6) is 5.75 Å². The minimum absolute atomic E-state index is 0.0619. The molecule has 6 heteroatoms. The molecule has 0 radical (unpaired) electrons. The zero-order chi connectivity index (χ0) is 15.9. The lowest BCUT2D eigenvalue weighted by Gasteiger charge is -2.09. The van der Waals surface area contributed by atoms with E-state index in [1.807, 2.05) is 30.3 Å². The van der Waals surface area contributed by atoms with E-state index in [9.17, 15) is 14.9 Å². The third-order valence-corrected chi connectivity index (χ3v) is 3.15. The van der Waals surface area contributed by atoms with Gasteiger partial charge in [0.25, 0.3) is 11.6 Å². The van der Waals surface area contributed by atoms with Crippen molar-refractivity contribution in [3.05, 3.63) is 69.8 Å². The molecule has 1 amide bonds. The van der Waals surface area contributed by atoms with E-state index in [2.05, 4.69) is 5.32 Å². The van der Waals surface area contributed by atoms with Gasteiger partial charge in [-0.05, 0) is 25.1 Å². The molecule has 0 bridgehead atoms. The second kappa shape index (κ2) is 7.21. The number of para-hydroxylation sites is 1. The molecular weight excluding hydrogens is 284 g/mol. The highest BCUT2D eigenvalue weighted by Gasteiger charge is 2.17. The molecule has 0 aliphatic carbocycles. The number of nitrogens with zero attached hydrogens (tertiary/aromatic N) is 1. The number of carbonyl (C=O) groups excluding carboxylic acids is 1. The van der Waals surface area contributed by atoms with Crippen molar-refractivity contribution < 1.29 is 14.5 Å². The maximum Gasteiger partial charge on any atom is 0.273 e. The van der Waals surface area contributed by atoms with Crippen LogP contribution in [0.4, 0.5) is 5.69 Å². The van der Waals surface area contributed by atoms with Gasteiger partial charge in [-0.2, -0.15) is 0 Å². The van der Waals surface area contributed by atoms with E-state index in [0.717, 1.165) is 5.75 Å². The summed E-state index contributed by atoms with van der Waals surface area (Å²) in [7, 11) is 0. The first-order valence-corrected chi connectivity index (χ1v) is 6.79. The van der Waals surface area contributed by atoms with Gasteiger partial charge in [-0.1, -0.05) is 24.3 Å². The number of carbonyl (C=O) groups is 1. The van der Waals surface area contributed by atoms with Crippen molar-refractivity contribution in [2.75, 3.05) is 13.2 Å². The van der Waals surface area contributed by atoms with Gasteiger partial charge in [-0.25, -0.2) is 0 Å². The number of nitro benzene ring substituents is 1. The van der Waals surface area contributed by atoms with Crippen LogP contribution in [0.25, 0.3) is 0 Å². The average molecular weight is 300 g/mol. The van der Waals surface area contributed by atoms with Crippen LogP contribution in [-0.2, 0) is 0 Å². The molecule has 1 N–H and O–H groups in total. The smallest absolute Gasteiger partial charge is 0.273 e. The summed E-state index contributed by atoms with van der Waals surface area (Å²) in [5, 5.41) is 13.6. The van der Waals surface area contributed by atoms with E-state index in [0.29, 0.717) is 24.3 Å². The highest BCUT2D eigenvalue weighted by atomic mass is 16.6. The van der Waals surface area contributed by atoms with Gasteiger partial charge in [0.1, 0.15) is 12.4 Å². The lowest BCUT2D eigenvalue weighted by atomic mass is 10.1. The number of hydrogen-bond acceptors (Lipinski definition) is 4. The predicted octanol–water partition coefficient (Wildman–Crippen LogP) is 2.71. The highest BCUT2D eigenvalue weighted by molar-refractivity contribution is 5.96. The Morgan fingerprint density at radius 1 is 1.18 bits per heavy atom. The van der Waals surface area contributed by atoms with Crippen molar-refractivity contribution in [2.45, 2.75) is 6.92 Å². The summed E-state index contributed by atoms with van der Waals surface area (Å²) in [6, 6.07) is 13.7. The maximum atomic E-state index is 12.1.